The molecule has 0 aliphatic heterocycles. The molecular formula is C20H19FN6O. The van der Waals surface area contributed by atoms with Crippen LogP contribution in [-0.4, -0.2) is 30.1 Å². The van der Waals surface area contributed by atoms with Gasteiger partial charge in [0.1, 0.15) is 11.6 Å². The van der Waals surface area contributed by atoms with Gasteiger partial charge in [0, 0.05) is 5.69 Å². The van der Waals surface area contributed by atoms with Gasteiger partial charge in [0.15, 0.2) is 17.0 Å². The van der Waals surface area contributed by atoms with E-state index < -0.39 is 6.10 Å². The smallest absolute Gasteiger partial charge is 0.184 e. The minimum absolute atomic E-state index is 0.281. The minimum atomic E-state index is -0.564. The third kappa shape index (κ3) is 3.67. The summed E-state index contributed by atoms with van der Waals surface area (Å²) in [6.07, 6.45) is -0.564. The van der Waals surface area contributed by atoms with E-state index in [1.165, 1.54) is 12.1 Å². The molecule has 0 bridgehead atoms. The van der Waals surface area contributed by atoms with Gasteiger partial charge >= 0.3 is 0 Å². The highest BCUT2D eigenvalue weighted by atomic mass is 19.1. The van der Waals surface area contributed by atoms with Gasteiger partial charge in [-0.1, -0.05) is 29.5 Å². The van der Waals surface area contributed by atoms with Crippen LogP contribution in [0.25, 0.3) is 11.2 Å². The van der Waals surface area contributed by atoms with Crippen LogP contribution in [0.3, 0.4) is 0 Å². The Balaban J connectivity index is 1.69. The summed E-state index contributed by atoms with van der Waals surface area (Å²) in [4.78, 5) is 8.92. The molecule has 0 fully saturated rings. The molecule has 0 saturated carbocycles. The average molecular weight is 378 g/mol. The van der Waals surface area contributed by atoms with Crippen molar-refractivity contribution in [2.45, 2.75) is 26.5 Å². The summed E-state index contributed by atoms with van der Waals surface area (Å²) < 4.78 is 14.8. The normalized spacial score (nSPS) is 12.3. The van der Waals surface area contributed by atoms with Crippen LogP contribution in [0, 0.1) is 12.7 Å². The highest BCUT2D eigenvalue weighted by molar-refractivity contribution is 5.84. The number of rotatable bonds is 5. The first kappa shape index (κ1) is 18.0. The fourth-order valence-electron chi connectivity index (χ4n) is 2.93. The monoisotopic (exact) mass is 378 g/mol. The number of halogens is 1. The maximum Gasteiger partial charge on any atom is 0.184 e. The van der Waals surface area contributed by atoms with Crippen molar-refractivity contribution < 1.29 is 9.50 Å². The zero-order chi connectivity index (χ0) is 19.7. The number of aromatic nitrogens is 5. The lowest BCUT2D eigenvalue weighted by Gasteiger charge is -2.10. The molecule has 142 valence electrons. The van der Waals surface area contributed by atoms with E-state index in [2.05, 4.69) is 25.6 Å². The molecule has 2 heterocycles. The summed E-state index contributed by atoms with van der Waals surface area (Å²) >= 11 is 0. The number of fused-ring (bicyclic) bond motifs is 1. The Bertz CT molecular complexity index is 1120. The van der Waals surface area contributed by atoms with Gasteiger partial charge in [0.2, 0.25) is 0 Å². The highest BCUT2D eigenvalue weighted by Gasteiger charge is 2.14. The molecule has 0 radical (unpaired) electrons. The van der Waals surface area contributed by atoms with Crippen molar-refractivity contribution in [3.05, 3.63) is 71.3 Å². The summed E-state index contributed by atoms with van der Waals surface area (Å²) in [5, 5.41) is 21.4. The van der Waals surface area contributed by atoms with Crippen molar-refractivity contribution >= 4 is 22.7 Å². The number of anilines is 2. The van der Waals surface area contributed by atoms with Crippen LogP contribution in [0.5, 0.6) is 0 Å². The first-order chi connectivity index (χ1) is 13.5. The largest absolute Gasteiger partial charge is 0.389 e. The van der Waals surface area contributed by atoms with Gasteiger partial charge in [-0.3, -0.25) is 0 Å². The fraction of sp³-hybridized carbons (Fsp3) is 0.200. The van der Waals surface area contributed by atoms with Crippen LogP contribution >= 0.6 is 0 Å². The lowest BCUT2D eigenvalue weighted by Crippen LogP contribution is -2.05. The second-order valence-corrected chi connectivity index (χ2v) is 6.59. The lowest BCUT2D eigenvalue weighted by molar-refractivity contribution is 0.199. The molecule has 0 aliphatic rings. The Morgan fingerprint density at radius 1 is 1.14 bits per heavy atom. The van der Waals surface area contributed by atoms with Crippen molar-refractivity contribution in [3.63, 3.8) is 0 Å². The topological polar surface area (TPSA) is 88.8 Å². The van der Waals surface area contributed by atoms with E-state index in [1.54, 1.807) is 30.7 Å². The molecule has 0 saturated heterocycles. The molecule has 7 nitrogen and oxygen atoms in total. The Morgan fingerprint density at radius 2 is 1.93 bits per heavy atom. The van der Waals surface area contributed by atoms with Crippen LogP contribution in [0.2, 0.25) is 0 Å². The number of benzene rings is 2. The molecule has 2 aromatic heterocycles. The van der Waals surface area contributed by atoms with Gasteiger partial charge in [-0.05, 0) is 49.2 Å². The van der Waals surface area contributed by atoms with Crippen molar-refractivity contribution in [3.8, 4) is 0 Å². The molecule has 1 atom stereocenters. The first-order valence-electron chi connectivity index (χ1n) is 8.87. The molecule has 0 aliphatic carbocycles. The molecule has 2 N–H and O–H groups in total. The van der Waals surface area contributed by atoms with E-state index in [0.29, 0.717) is 29.4 Å². The third-order valence-electron chi connectivity index (χ3n) is 4.35. The lowest BCUT2D eigenvalue weighted by atomic mass is 10.1. The molecule has 0 amide bonds. The molecule has 4 aromatic rings. The third-order valence-corrected chi connectivity index (χ3v) is 4.35. The maximum atomic E-state index is 13.1. The number of nitrogens with zero attached hydrogens (tertiary/aromatic N) is 5. The maximum absolute atomic E-state index is 13.1. The SMILES string of the molecule is Cc1nc(Nc2cccc([C@H](C)O)c2)c2nnn(Cc3ccc(F)cc3)c2n1. The number of aliphatic hydroxyl groups excluding tert-OH is 1. The summed E-state index contributed by atoms with van der Waals surface area (Å²) in [6.45, 7) is 3.93. The van der Waals surface area contributed by atoms with Gasteiger partial charge in [0.05, 0.1) is 12.6 Å². The molecule has 0 spiro atoms. The molecule has 28 heavy (non-hydrogen) atoms. The molecule has 8 heteroatoms. The summed E-state index contributed by atoms with van der Waals surface area (Å²) in [5.74, 6) is 0.830. The van der Waals surface area contributed by atoms with E-state index in [-0.39, 0.29) is 5.82 Å². The van der Waals surface area contributed by atoms with Gasteiger partial charge in [0.25, 0.3) is 0 Å². The molecule has 0 unspecified atom stereocenters. The van der Waals surface area contributed by atoms with E-state index in [0.717, 1.165) is 16.8 Å². The number of hydrogen-bond acceptors (Lipinski definition) is 6. The highest BCUT2D eigenvalue weighted by Crippen LogP contribution is 2.24. The summed E-state index contributed by atoms with van der Waals surface area (Å²) in [6, 6.07) is 13.7. The quantitative estimate of drug-likeness (QED) is 0.552. The van der Waals surface area contributed by atoms with Crippen LogP contribution in [0.15, 0.2) is 48.5 Å². The van der Waals surface area contributed by atoms with Crippen molar-refractivity contribution in [1.29, 1.82) is 0 Å². The average Bonchev–Trinajstić information content (AvgIpc) is 3.06. The van der Waals surface area contributed by atoms with E-state index >= 15 is 0 Å². The zero-order valence-corrected chi connectivity index (χ0v) is 15.5. The Morgan fingerprint density at radius 3 is 2.68 bits per heavy atom. The molecule has 2 aromatic carbocycles. The van der Waals surface area contributed by atoms with Gasteiger partial charge in [-0.2, -0.15) is 0 Å². The standard InChI is InChI=1S/C20H19FN6O/c1-12(28)15-4-3-5-17(10-15)24-19-18-20(23-13(2)22-19)27(26-25-18)11-14-6-8-16(21)9-7-14/h3-10,12,28H,11H2,1-2H3,(H,22,23,24)/t12-/m0/s1. The van der Waals surface area contributed by atoms with Crippen LogP contribution in [-0.2, 0) is 6.54 Å². The second-order valence-electron chi connectivity index (χ2n) is 6.59. The van der Waals surface area contributed by atoms with E-state index in [4.69, 9.17) is 0 Å². The molecular weight excluding hydrogens is 359 g/mol. The number of aryl methyl sites for hydroxylation is 1. The van der Waals surface area contributed by atoms with Gasteiger partial charge in [-0.25, -0.2) is 19.0 Å². The fourth-order valence-corrected chi connectivity index (χ4v) is 2.93. The summed E-state index contributed by atoms with van der Waals surface area (Å²) in [5.41, 5.74) is 3.60. The van der Waals surface area contributed by atoms with Crippen LogP contribution in [0.1, 0.15) is 30.0 Å². The Labute approximate surface area is 160 Å². The second kappa shape index (κ2) is 7.32. The van der Waals surface area contributed by atoms with Crippen molar-refractivity contribution in [2.75, 3.05) is 5.32 Å². The first-order valence-corrected chi connectivity index (χ1v) is 8.87. The number of aliphatic hydroxyl groups is 1. The Hall–Kier alpha value is -3.39. The Kier molecular flexibility index (Phi) is 4.70. The predicted octanol–water partition coefficient (Wildman–Crippen LogP) is 3.51. The molecule has 4 rings (SSSR count). The van der Waals surface area contributed by atoms with Gasteiger partial charge in [-0.15, -0.1) is 5.10 Å². The zero-order valence-electron chi connectivity index (χ0n) is 15.5. The van der Waals surface area contributed by atoms with E-state index in [9.17, 15) is 9.50 Å². The predicted molar refractivity (Wildman–Crippen MR) is 104 cm³/mol. The number of hydrogen-bond donors (Lipinski definition) is 2. The summed E-state index contributed by atoms with van der Waals surface area (Å²) in [7, 11) is 0. The number of nitrogens with one attached hydrogen (secondary N) is 1. The van der Waals surface area contributed by atoms with Gasteiger partial charge < -0.3 is 10.4 Å². The van der Waals surface area contributed by atoms with Crippen molar-refractivity contribution in [2.24, 2.45) is 0 Å². The van der Waals surface area contributed by atoms with Crippen LogP contribution < -0.4 is 5.32 Å². The minimum Gasteiger partial charge on any atom is -0.389 e. The van der Waals surface area contributed by atoms with Crippen LogP contribution in [0.4, 0.5) is 15.9 Å². The van der Waals surface area contributed by atoms with Crippen molar-refractivity contribution in [1.82, 2.24) is 25.0 Å². The van der Waals surface area contributed by atoms with E-state index in [1.807, 2.05) is 24.3 Å².